The molecule has 41 heavy (non-hydrogen) atoms. The van der Waals surface area contributed by atoms with E-state index in [0.717, 1.165) is 63.5 Å². The van der Waals surface area contributed by atoms with Gasteiger partial charge in [-0.1, -0.05) is 85.4 Å². The molecule has 2 heterocycles. The first-order valence-electron chi connectivity index (χ1n) is 13.2. The molecule has 0 atom stereocenters. The standard InChI is InChI=1S/C35H24N2O2S2/c1-3-28(32(24-14-6-4-12-22(24)2)34-36-26-16-8-10-18-30(26)40-34)38-39-29-21-20-23-13-5-7-15-25(23)33(29)35-37-27-17-9-11-19-31(27)41-35/h3-21H,1H2,2H3/b32-28-. The van der Waals surface area contributed by atoms with Crippen LogP contribution < -0.4 is 4.89 Å². The van der Waals surface area contributed by atoms with Gasteiger partial charge in [0.2, 0.25) is 0 Å². The maximum absolute atomic E-state index is 6.20. The van der Waals surface area contributed by atoms with Crippen LogP contribution >= 0.6 is 22.7 Å². The van der Waals surface area contributed by atoms with Crippen LogP contribution in [0.5, 0.6) is 5.75 Å². The van der Waals surface area contributed by atoms with E-state index in [2.05, 4.69) is 49.9 Å². The molecule has 0 amide bonds. The van der Waals surface area contributed by atoms with Crippen molar-refractivity contribution in [3.8, 4) is 16.3 Å². The fourth-order valence-electron chi connectivity index (χ4n) is 4.97. The highest BCUT2D eigenvalue weighted by atomic mass is 32.1. The summed E-state index contributed by atoms with van der Waals surface area (Å²) in [5.41, 5.74) is 5.74. The molecule has 198 valence electrons. The van der Waals surface area contributed by atoms with Gasteiger partial charge in [-0.25, -0.2) is 9.97 Å². The zero-order chi connectivity index (χ0) is 27.8. The molecule has 0 saturated carbocycles. The molecule has 4 nitrogen and oxygen atoms in total. The lowest BCUT2D eigenvalue weighted by Crippen LogP contribution is -2.03. The van der Waals surface area contributed by atoms with Gasteiger partial charge in [0.15, 0.2) is 11.5 Å². The zero-order valence-electron chi connectivity index (χ0n) is 22.2. The highest BCUT2D eigenvalue weighted by Crippen LogP contribution is 2.42. The topological polar surface area (TPSA) is 44.2 Å². The molecule has 0 aliphatic rings. The second-order valence-electron chi connectivity index (χ2n) is 9.56. The van der Waals surface area contributed by atoms with Gasteiger partial charge in [0.05, 0.1) is 31.6 Å². The fourth-order valence-corrected chi connectivity index (χ4v) is 7.03. The highest BCUT2D eigenvalue weighted by molar-refractivity contribution is 7.21. The van der Waals surface area contributed by atoms with Crippen LogP contribution in [0, 0.1) is 6.92 Å². The van der Waals surface area contributed by atoms with E-state index in [0.29, 0.717) is 11.5 Å². The summed E-state index contributed by atoms with van der Waals surface area (Å²) in [6.07, 6.45) is 1.69. The van der Waals surface area contributed by atoms with Crippen molar-refractivity contribution >= 4 is 59.5 Å². The number of benzene rings is 5. The molecular formula is C35H24N2O2S2. The lowest BCUT2D eigenvalue weighted by atomic mass is 10.00. The lowest BCUT2D eigenvalue weighted by molar-refractivity contribution is -0.159. The summed E-state index contributed by atoms with van der Waals surface area (Å²) in [4.78, 5) is 22.3. The molecule has 0 N–H and O–H groups in total. The monoisotopic (exact) mass is 568 g/mol. The number of hydrogen-bond acceptors (Lipinski definition) is 6. The third-order valence-electron chi connectivity index (χ3n) is 6.97. The number of thiazole rings is 2. The summed E-state index contributed by atoms with van der Waals surface area (Å²) in [6, 6.07) is 36.7. The number of allylic oxidation sites excluding steroid dienone is 1. The smallest absolute Gasteiger partial charge is 0.189 e. The molecule has 2 aromatic heterocycles. The molecule has 7 rings (SSSR count). The number of aromatic nitrogens is 2. The van der Waals surface area contributed by atoms with Crippen molar-refractivity contribution < 1.29 is 9.78 Å². The highest BCUT2D eigenvalue weighted by Gasteiger charge is 2.21. The number of rotatable bonds is 7. The van der Waals surface area contributed by atoms with Crippen LogP contribution in [-0.4, -0.2) is 9.97 Å². The maximum Gasteiger partial charge on any atom is 0.189 e. The first-order chi connectivity index (χ1) is 20.2. The Hall–Kier alpha value is -4.78. The van der Waals surface area contributed by atoms with Gasteiger partial charge in [-0.15, -0.1) is 22.7 Å². The van der Waals surface area contributed by atoms with Gasteiger partial charge in [0, 0.05) is 0 Å². The van der Waals surface area contributed by atoms with Crippen molar-refractivity contribution in [1.82, 2.24) is 9.97 Å². The minimum atomic E-state index is 0.488. The maximum atomic E-state index is 6.20. The predicted molar refractivity (Wildman–Crippen MR) is 171 cm³/mol. The molecule has 5 aromatic carbocycles. The van der Waals surface area contributed by atoms with Crippen molar-refractivity contribution in [3.63, 3.8) is 0 Å². The van der Waals surface area contributed by atoms with Gasteiger partial charge < -0.3 is 0 Å². The lowest BCUT2D eigenvalue weighted by Gasteiger charge is -2.15. The molecule has 0 saturated heterocycles. The van der Waals surface area contributed by atoms with E-state index in [9.17, 15) is 0 Å². The van der Waals surface area contributed by atoms with Crippen molar-refractivity contribution in [2.45, 2.75) is 6.92 Å². The predicted octanol–water partition coefficient (Wildman–Crippen LogP) is 9.99. The van der Waals surface area contributed by atoms with Crippen molar-refractivity contribution in [1.29, 1.82) is 0 Å². The molecule has 0 spiro atoms. The Balaban J connectivity index is 1.37. The minimum Gasteiger partial charge on any atom is -0.289 e. The Kier molecular flexibility index (Phi) is 6.55. The normalized spacial score (nSPS) is 12.0. The largest absolute Gasteiger partial charge is 0.289 e. The van der Waals surface area contributed by atoms with Gasteiger partial charge in [0.25, 0.3) is 0 Å². The summed E-state index contributed by atoms with van der Waals surface area (Å²) in [5, 5.41) is 3.85. The van der Waals surface area contributed by atoms with Crippen LogP contribution in [0.25, 0.3) is 47.3 Å². The zero-order valence-corrected chi connectivity index (χ0v) is 23.8. The van der Waals surface area contributed by atoms with Crippen LogP contribution in [0.1, 0.15) is 16.1 Å². The molecule has 0 aliphatic carbocycles. The molecule has 0 aliphatic heterocycles. The van der Waals surface area contributed by atoms with Crippen molar-refractivity contribution in [2.75, 3.05) is 0 Å². The minimum absolute atomic E-state index is 0.488. The van der Waals surface area contributed by atoms with E-state index in [1.165, 1.54) is 0 Å². The van der Waals surface area contributed by atoms with Crippen LogP contribution in [-0.2, 0) is 4.89 Å². The summed E-state index contributed by atoms with van der Waals surface area (Å²) in [7, 11) is 0. The van der Waals surface area contributed by atoms with Crippen molar-refractivity contribution in [3.05, 3.63) is 144 Å². The number of hydrogen-bond donors (Lipinski definition) is 0. The Morgan fingerprint density at radius 2 is 1.41 bits per heavy atom. The Morgan fingerprint density at radius 3 is 2.17 bits per heavy atom. The summed E-state index contributed by atoms with van der Waals surface area (Å²) in [6.45, 7) is 6.17. The third kappa shape index (κ3) is 4.67. The molecule has 6 heteroatoms. The van der Waals surface area contributed by atoms with E-state index in [1.807, 2.05) is 72.8 Å². The molecule has 0 unspecified atom stereocenters. The van der Waals surface area contributed by atoms with Gasteiger partial charge >= 0.3 is 0 Å². The van der Waals surface area contributed by atoms with E-state index >= 15 is 0 Å². The van der Waals surface area contributed by atoms with Crippen LogP contribution in [0.4, 0.5) is 0 Å². The Bertz CT molecular complexity index is 2040. The molecule has 0 bridgehead atoms. The van der Waals surface area contributed by atoms with Crippen LogP contribution in [0.15, 0.2) is 128 Å². The number of aryl methyl sites for hydroxylation is 1. The van der Waals surface area contributed by atoms with E-state index in [4.69, 9.17) is 19.7 Å². The average molecular weight is 569 g/mol. The number of nitrogens with zero attached hydrogens (tertiary/aromatic N) is 2. The number of para-hydroxylation sites is 2. The van der Waals surface area contributed by atoms with Gasteiger partial charge in [0.1, 0.15) is 10.0 Å². The van der Waals surface area contributed by atoms with Crippen molar-refractivity contribution in [2.24, 2.45) is 0 Å². The Labute approximate surface area is 245 Å². The quantitative estimate of drug-likeness (QED) is 0.0831. The molecular weight excluding hydrogens is 545 g/mol. The van der Waals surface area contributed by atoms with Crippen LogP contribution in [0.3, 0.4) is 0 Å². The second kappa shape index (κ2) is 10.7. The van der Waals surface area contributed by atoms with Gasteiger partial charge in [-0.3, -0.25) is 9.78 Å². The van der Waals surface area contributed by atoms with E-state index in [1.54, 1.807) is 28.7 Å². The SMILES string of the molecule is C=C/C(OOc1ccc2ccccc2c1-c1nc2ccccc2s1)=C(/c1nc2ccccc2s1)c1ccccc1C. The number of fused-ring (bicyclic) bond motifs is 3. The molecule has 7 aromatic rings. The van der Waals surface area contributed by atoms with Crippen LogP contribution in [0.2, 0.25) is 0 Å². The summed E-state index contributed by atoms with van der Waals surface area (Å²) >= 11 is 3.25. The van der Waals surface area contributed by atoms with E-state index in [-0.39, 0.29) is 0 Å². The van der Waals surface area contributed by atoms with E-state index < -0.39 is 0 Å². The first-order valence-corrected chi connectivity index (χ1v) is 14.8. The van der Waals surface area contributed by atoms with Gasteiger partial charge in [-0.05, 0) is 65.2 Å². The summed E-state index contributed by atoms with van der Waals surface area (Å²) in [5.74, 6) is 1.07. The summed E-state index contributed by atoms with van der Waals surface area (Å²) < 4.78 is 2.22. The third-order valence-corrected chi connectivity index (χ3v) is 9.08. The average Bonchev–Trinajstić information content (AvgIpc) is 3.64. The second-order valence-corrected chi connectivity index (χ2v) is 11.6. The first kappa shape index (κ1) is 25.2. The molecule has 0 radical (unpaired) electrons. The fraction of sp³-hybridized carbons (Fsp3) is 0.0286. The van der Waals surface area contributed by atoms with Gasteiger partial charge in [-0.2, -0.15) is 0 Å². The Morgan fingerprint density at radius 1 is 0.732 bits per heavy atom. The molecule has 0 fully saturated rings.